The molecule has 0 aliphatic heterocycles. The fourth-order valence-electron chi connectivity index (χ4n) is 8.49. The third-order valence-corrected chi connectivity index (χ3v) is 11.5. The zero-order valence-electron chi connectivity index (χ0n) is 34.3. The Balaban J connectivity index is 1.11. The molecule has 0 fully saturated rings. The Bertz CT molecular complexity index is 3220. The number of nitrogens with zero attached hydrogens (tertiary/aromatic N) is 6. The van der Waals surface area contributed by atoms with E-state index >= 15 is 0 Å². The van der Waals surface area contributed by atoms with Crippen LogP contribution < -0.4 is 0 Å². The molecule has 0 aliphatic carbocycles. The highest BCUT2D eigenvalue weighted by Crippen LogP contribution is 2.36. The van der Waals surface area contributed by atoms with E-state index in [9.17, 15) is 0 Å². The zero-order valence-corrected chi connectivity index (χ0v) is 34.3. The lowest BCUT2D eigenvalue weighted by Gasteiger charge is -2.15. The van der Waals surface area contributed by atoms with Gasteiger partial charge in [-0.05, 0) is 73.9 Å². The van der Waals surface area contributed by atoms with Crippen LogP contribution in [0.15, 0.2) is 183 Å². The number of hydrogen-bond donors (Lipinski definition) is 0. The number of pyridine rings is 1. The summed E-state index contributed by atoms with van der Waals surface area (Å²) in [5.74, 6) is 2.72. The molecule has 0 amide bonds. The van der Waals surface area contributed by atoms with Gasteiger partial charge >= 0.3 is 0 Å². The van der Waals surface area contributed by atoms with Crippen LogP contribution in [0, 0.1) is 13.8 Å². The summed E-state index contributed by atoms with van der Waals surface area (Å²) >= 11 is 0. The Morgan fingerprint density at radius 1 is 0.508 bits per heavy atom. The van der Waals surface area contributed by atoms with Crippen molar-refractivity contribution in [1.82, 2.24) is 29.1 Å². The summed E-state index contributed by atoms with van der Waals surface area (Å²) in [4.78, 5) is 20.3. The smallest absolute Gasteiger partial charge is 0.164 e. The van der Waals surface area contributed by atoms with Gasteiger partial charge in [0.25, 0.3) is 0 Å². The molecule has 61 heavy (non-hydrogen) atoms. The fraction of sp³-hybridized carbons (Fsp3) is 0.0545. The largest absolute Gasteiger partial charge is 0.314 e. The van der Waals surface area contributed by atoms with E-state index in [0.29, 0.717) is 17.5 Å². The predicted octanol–water partition coefficient (Wildman–Crippen LogP) is 13.8. The van der Waals surface area contributed by atoms with Crippen LogP contribution in [0.5, 0.6) is 0 Å². The zero-order chi connectivity index (χ0) is 41.5. The van der Waals surface area contributed by atoms with Gasteiger partial charge in [0.15, 0.2) is 17.5 Å². The first-order chi connectivity index (χ1) is 30.0. The van der Waals surface area contributed by atoms with Gasteiger partial charge in [-0.15, -0.1) is 0 Å². The second-order valence-corrected chi connectivity index (χ2v) is 15.2. The molecule has 292 valence electrons. The maximum Gasteiger partial charge on any atom is 0.164 e. The molecule has 4 aromatic heterocycles. The summed E-state index contributed by atoms with van der Waals surface area (Å²) in [6.45, 7) is 10.9. The van der Waals surface area contributed by atoms with Crippen LogP contribution in [0.3, 0.4) is 0 Å². The number of rotatable bonds is 9. The third-order valence-electron chi connectivity index (χ3n) is 11.5. The molecule has 10 aromatic rings. The first-order valence-corrected chi connectivity index (χ1v) is 20.5. The average Bonchev–Trinajstić information content (AvgIpc) is 3.80. The molecule has 0 bridgehead atoms. The van der Waals surface area contributed by atoms with E-state index in [-0.39, 0.29) is 0 Å². The molecule has 4 heterocycles. The van der Waals surface area contributed by atoms with Gasteiger partial charge in [0.2, 0.25) is 0 Å². The summed E-state index contributed by atoms with van der Waals surface area (Å²) in [5.41, 5.74) is 13.4. The van der Waals surface area contributed by atoms with Crippen molar-refractivity contribution in [2.24, 2.45) is 0 Å². The van der Waals surface area contributed by atoms with Crippen LogP contribution in [0.2, 0.25) is 0 Å². The van der Waals surface area contributed by atoms with Gasteiger partial charge in [0.1, 0.15) is 5.82 Å². The first kappa shape index (κ1) is 37.3. The molecule has 6 nitrogen and oxygen atoms in total. The standard InChI is InChI=1S/C55H42N6/c1-5-18-43-38(4)60(49-26-15-12-23-44(43)49)36(2)29-34-48-37(3)47(35-52(56-48)61-50-27-16-13-24-45(50)46-25-14-17-28-51(46)61)39-30-32-42(33-31-39)55-58-53(40-19-8-6-9-20-40)57-54(59-55)41-21-10-7-11-22-41/h5-35H,2H2,1,3-4H3/b18-5-,34-29-. The lowest BCUT2D eigenvalue weighted by molar-refractivity contribution is 1.06. The normalized spacial score (nSPS) is 11.8. The molecular weight excluding hydrogens is 745 g/mol. The maximum atomic E-state index is 5.42. The molecule has 6 aromatic carbocycles. The number of fused-ring (bicyclic) bond motifs is 4. The van der Waals surface area contributed by atoms with E-state index in [1.807, 2.05) is 60.7 Å². The Morgan fingerprint density at radius 2 is 0.984 bits per heavy atom. The van der Waals surface area contributed by atoms with Crippen molar-refractivity contribution in [1.29, 1.82) is 0 Å². The van der Waals surface area contributed by atoms with Crippen molar-refractivity contribution in [2.45, 2.75) is 20.8 Å². The summed E-state index contributed by atoms with van der Waals surface area (Å²) in [7, 11) is 0. The monoisotopic (exact) mass is 786 g/mol. The van der Waals surface area contributed by atoms with E-state index in [2.05, 4.69) is 164 Å². The average molecular weight is 787 g/mol. The quantitative estimate of drug-likeness (QED) is 0.137. The second kappa shape index (κ2) is 15.7. The molecule has 6 heteroatoms. The van der Waals surface area contributed by atoms with Crippen molar-refractivity contribution in [3.63, 3.8) is 0 Å². The molecule has 0 saturated carbocycles. The Labute approximate surface area is 355 Å². The van der Waals surface area contributed by atoms with E-state index in [0.717, 1.165) is 72.8 Å². The summed E-state index contributed by atoms with van der Waals surface area (Å²) in [6.07, 6.45) is 8.46. The van der Waals surface area contributed by atoms with Gasteiger partial charge in [0.05, 0.1) is 22.2 Å². The van der Waals surface area contributed by atoms with Gasteiger partial charge in [-0.1, -0.05) is 158 Å². The molecular formula is C55H42N6. The minimum atomic E-state index is 0.615. The minimum Gasteiger partial charge on any atom is -0.314 e. The first-order valence-electron chi connectivity index (χ1n) is 20.5. The Kier molecular flexibility index (Phi) is 9.58. The fourth-order valence-corrected chi connectivity index (χ4v) is 8.49. The summed E-state index contributed by atoms with van der Waals surface area (Å²) in [5, 5.41) is 3.57. The van der Waals surface area contributed by atoms with E-state index in [4.69, 9.17) is 19.9 Å². The topological polar surface area (TPSA) is 61.4 Å². The van der Waals surface area contributed by atoms with Gasteiger partial charge in [-0.2, -0.15) is 0 Å². The molecule has 0 unspecified atom stereocenters. The van der Waals surface area contributed by atoms with Crippen molar-refractivity contribution < 1.29 is 0 Å². The van der Waals surface area contributed by atoms with Gasteiger partial charge in [-0.3, -0.25) is 4.57 Å². The molecule has 0 radical (unpaired) electrons. The second-order valence-electron chi connectivity index (χ2n) is 15.2. The summed E-state index contributed by atoms with van der Waals surface area (Å²) in [6, 6.07) is 56.5. The predicted molar refractivity (Wildman–Crippen MR) is 254 cm³/mol. The molecule has 0 saturated heterocycles. The van der Waals surface area contributed by atoms with Crippen molar-refractivity contribution in [3.05, 3.63) is 205 Å². The van der Waals surface area contributed by atoms with Crippen LogP contribution in [0.25, 0.3) is 102 Å². The lowest BCUT2D eigenvalue weighted by Crippen LogP contribution is -2.03. The van der Waals surface area contributed by atoms with Crippen LogP contribution >= 0.6 is 0 Å². The van der Waals surface area contributed by atoms with E-state index in [1.165, 1.54) is 21.7 Å². The Hall–Kier alpha value is -7.96. The minimum absolute atomic E-state index is 0.615. The molecule has 10 rings (SSSR count). The highest BCUT2D eigenvalue weighted by molar-refractivity contribution is 6.09. The van der Waals surface area contributed by atoms with E-state index in [1.54, 1.807) is 0 Å². The van der Waals surface area contributed by atoms with Gasteiger partial charge in [-0.25, -0.2) is 19.9 Å². The highest BCUT2D eigenvalue weighted by atomic mass is 15.1. The van der Waals surface area contributed by atoms with Gasteiger partial charge < -0.3 is 4.57 Å². The number of para-hydroxylation sites is 3. The number of aromatic nitrogens is 6. The highest BCUT2D eigenvalue weighted by Gasteiger charge is 2.18. The number of benzene rings is 6. The summed E-state index contributed by atoms with van der Waals surface area (Å²) < 4.78 is 4.52. The van der Waals surface area contributed by atoms with Crippen molar-refractivity contribution in [2.75, 3.05) is 0 Å². The molecule has 0 aliphatic rings. The van der Waals surface area contributed by atoms with Crippen LogP contribution in [0.1, 0.15) is 29.4 Å². The third kappa shape index (κ3) is 6.74. The van der Waals surface area contributed by atoms with Gasteiger partial charge in [0, 0.05) is 49.8 Å². The molecule has 0 atom stereocenters. The Morgan fingerprint density at radius 3 is 1.54 bits per heavy atom. The maximum absolute atomic E-state index is 5.42. The van der Waals surface area contributed by atoms with Crippen molar-refractivity contribution in [3.8, 4) is 51.1 Å². The van der Waals surface area contributed by atoms with Crippen LogP contribution in [0.4, 0.5) is 0 Å². The number of hydrogen-bond acceptors (Lipinski definition) is 4. The van der Waals surface area contributed by atoms with Crippen LogP contribution in [-0.2, 0) is 0 Å². The molecule has 0 N–H and O–H groups in total. The lowest BCUT2D eigenvalue weighted by atomic mass is 9.98. The van der Waals surface area contributed by atoms with Crippen LogP contribution in [-0.4, -0.2) is 29.1 Å². The van der Waals surface area contributed by atoms with Crippen molar-refractivity contribution >= 4 is 50.6 Å². The molecule has 0 spiro atoms. The number of allylic oxidation sites excluding steroid dienone is 3. The van der Waals surface area contributed by atoms with E-state index < -0.39 is 0 Å². The SMILES string of the molecule is C=C(/C=C\c1nc(-n2c3ccccc3c3ccccc32)cc(-c2ccc(-c3nc(-c4ccccc4)nc(-c4ccccc4)n3)cc2)c1C)n1c(C)c(/C=C\C)c2ccccc21.